The molecular weight excluding hydrogens is 338 g/mol. The number of fused-ring (bicyclic) bond motifs is 1. The molecule has 0 spiro atoms. The highest BCUT2D eigenvalue weighted by Crippen LogP contribution is 2.28. The van der Waals surface area contributed by atoms with Crippen molar-refractivity contribution in [3.05, 3.63) is 51.7 Å². The Morgan fingerprint density at radius 1 is 1.50 bits per heavy atom. The van der Waals surface area contributed by atoms with Gasteiger partial charge in [0, 0.05) is 33.9 Å². The van der Waals surface area contributed by atoms with E-state index in [9.17, 15) is 0 Å². The SMILES string of the molecule is CC(N)c1ccc(Br)cc1OCc1cn2ccsc2n1. The van der Waals surface area contributed by atoms with Crippen LogP contribution in [0.15, 0.2) is 40.4 Å². The van der Waals surface area contributed by atoms with Crippen LogP contribution in [0.2, 0.25) is 0 Å². The van der Waals surface area contributed by atoms with E-state index >= 15 is 0 Å². The standard InChI is InChI=1S/C14H14BrN3OS/c1-9(16)12-3-2-10(15)6-13(12)19-8-11-7-18-4-5-20-14(18)17-11/h2-7,9H,8,16H2,1H3. The molecule has 2 aromatic heterocycles. The highest BCUT2D eigenvalue weighted by atomic mass is 79.9. The van der Waals surface area contributed by atoms with Gasteiger partial charge in [0.25, 0.3) is 0 Å². The summed E-state index contributed by atoms with van der Waals surface area (Å²) in [4.78, 5) is 5.48. The highest BCUT2D eigenvalue weighted by molar-refractivity contribution is 9.10. The summed E-state index contributed by atoms with van der Waals surface area (Å²) in [6.45, 7) is 2.38. The van der Waals surface area contributed by atoms with Gasteiger partial charge in [0.15, 0.2) is 4.96 Å². The van der Waals surface area contributed by atoms with Crippen LogP contribution < -0.4 is 10.5 Å². The maximum Gasteiger partial charge on any atom is 0.193 e. The zero-order valence-corrected chi connectivity index (χ0v) is 13.3. The zero-order valence-electron chi connectivity index (χ0n) is 10.9. The number of nitrogens with two attached hydrogens (primary N) is 1. The van der Waals surface area contributed by atoms with Crippen LogP contribution >= 0.6 is 27.3 Å². The molecule has 0 aliphatic heterocycles. The third-order valence-corrected chi connectivity index (χ3v) is 4.25. The minimum absolute atomic E-state index is 0.0661. The third-order valence-electron chi connectivity index (χ3n) is 2.98. The van der Waals surface area contributed by atoms with E-state index in [4.69, 9.17) is 10.5 Å². The molecule has 0 saturated carbocycles. The van der Waals surface area contributed by atoms with Crippen molar-refractivity contribution in [3.8, 4) is 5.75 Å². The first-order valence-corrected chi connectivity index (χ1v) is 7.89. The van der Waals surface area contributed by atoms with E-state index in [0.717, 1.165) is 26.4 Å². The zero-order chi connectivity index (χ0) is 14.1. The van der Waals surface area contributed by atoms with E-state index < -0.39 is 0 Å². The first-order chi connectivity index (χ1) is 9.63. The Morgan fingerprint density at radius 2 is 2.35 bits per heavy atom. The summed E-state index contributed by atoms with van der Waals surface area (Å²) in [5, 5.41) is 2.01. The number of imidazole rings is 1. The molecule has 2 N–H and O–H groups in total. The number of hydrogen-bond donors (Lipinski definition) is 1. The van der Waals surface area contributed by atoms with Crippen molar-refractivity contribution in [1.29, 1.82) is 0 Å². The second kappa shape index (κ2) is 5.55. The molecule has 20 heavy (non-hydrogen) atoms. The first kappa shape index (κ1) is 13.6. The molecule has 0 aliphatic rings. The molecule has 3 aromatic rings. The molecule has 0 bridgehead atoms. The van der Waals surface area contributed by atoms with E-state index in [2.05, 4.69) is 20.9 Å². The van der Waals surface area contributed by atoms with Gasteiger partial charge >= 0.3 is 0 Å². The predicted octanol–water partition coefficient (Wildman–Crippen LogP) is 3.76. The van der Waals surface area contributed by atoms with E-state index in [-0.39, 0.29) is 6.04 Å². The average molecular weight is 352 g/mol. The fourth-order valence-corrected chi connectivity index (χ4v) is 3.07. The topological polar surface area (TPSA) is 52.5 Å². The Kier molecular flexibility index (Phi) is 3.78. The molecule has 0 saturated heterocycles. The van der Waals surface area contributed by atoms with Crippen LogP contribution in [0.25, 0.3) is 4.96 Å². The number of aromatic nitrogens is 2. The summed E-state index contributed by atoms with van der Waals surface area (Å²) < 4.78 is 8.85. The number of nitrogens with zero attached hydrogens (tertiary/aromatic N) is 2. The quantitative estimate of drug-likeness (QED) is 0.778. The monoisotopic (exact) mass is 351 g/mol. The summed E-state index contributed by atoms with van der Waals surface area (Å²) in [6.07, 6.45) is 3.97. The largest absolute Gasteiger partial charge is 0.487 e. The van der Waals surface area contributed by atoms with Crippen molar-refractivity contribution < 1.29 is 4.74 Å². The number of benzene rings is 1. The molecule has 104 valence electrons. The predicted molar refractivity (Wildman–Crippen MR) is 84.1 cm³/mol. The lowest BCUT2D eigenvalue weighted by Crippen LogP contribution is -2.08. The molecule has 0 radical (unpaired) electrons. The Labute approximate surface area is 129 Å². The van der Waals surface area contributed by atoms with Crippen molar-refractivity contribution in [3.63, 3.8) is 0 Å². The molecule has 3 rings (SSSR count). The summed E-state index contributed by atoms with van der Waals surface area (Å²) in [7, 11) is 0. The van der Waals surface area contributed by atoms with Gasteiger partial charge in [-0.2, -0.15) is 0 Å². The molecule has 0 aliphatic carbocycles. The minimum atomic E-state index is -0.0661. The van der Waals surface area contributed by atoms with Crippen LogP contribution in [0, 0.1) is 0 Å². The van der Waals surface area contributed by atoms with Gasteiger partial charge in [0.1, 0.15) is 12.4 Å². The van der Waals surface area contributed by atoms with Gasteiger partial charge in [0.05, 0.1) is 5.69 Å². The van der Waals surface area contributed by atoms with E-state index in [0.29, 0.717) is 6.61 Å². The van der Waals surface area contributed by atoms with E-state index in [1.807, 2.05) is 47.3 Å². The summed E-state index contributed by atoms with van der Waals surface area (Å²) in [5.41, 5.74) is 7.87. The molecule has 2 heterocycles. The lowest BCUT2D eigenvalue weighted by Gasteiger charge is -2.13. The average Bonchev–Trinajstić information content (AvgIpc) is 2.96. The third kappa shape index (κ3) is 2.72. The van der Waals surface area contributed by atoms with Crippen molar-refractivity contribution in [2.75, 3.05) is 0 Å². The molecule has 6 heteroatoms. The molecule has 0 amide bonds. The van der Waals surface area contributed by atoms with E-state index in [1.165, 1.54) is 0 Å². The Bertz CT molecular complexity index is 706. The lowest BCUT2D eigenvalue weighted by atomic mass is 10.1. The van der Waals surface area contributed by atoms with Gasteiger partial charge in [0.2, 0.25) is 0 Å². The number of ether oxygens (including phenoxy) is 1. The summed E-state index contributed by atoms with van der Waals surface area (Å²) >= 11 is 5.06. The Balaban J connectivity index is 1.80. The second-order valence-electron chi connectivity index (χ2n) is 4.58. The van der Waals surface area contributed by atoms with Crippen LogP contribution in [0.4, 0.5) is 0 Å². The maximum atomic E-state index is 5.96. The number of rotatable bonds is 4. The second-order valence-corrected chi connectivity index (χ2v) is 6.37. The molecular formula is C14H14BrN3OS. The number of thiazole rings is 1. The maximum absolute atomic E-state index is 5.96. The van der Waals surface area contributed by atoms with Crippen molar-refractivity contribution in [2.45, 2.75) is 19.6 Å². The van der Waals surface area contributed by atoms with Gasteiger partial charge in [-0.1, -0.05) is 22.0 Å². The van der Waals surface area contributed by atoms with Crippen molar-refractivity contribution in [1.82, 2.24) is 9.38 Å². The highest BCUT2D eigenvalue weighted by Gasteiger charge is 2.10. The van der Waals surface area contributed by atoms with Crippen LogP contribution in [-0.4, -0.2) is 9.38 Å². The fraction of sp³-hybridized carbons (Fsp3) is 0.214. The fourth-order valence-electron chi connectivity index (χ4n) is 2.01. The molecule has 1 atom stereocenters. The first-order valence-electron chi connectivity index (χ1n) is 6.22. The molecule has 1 unspecified atom stereocenters. The van der Waals surface area contributed by atoms with Gasteiger partial charge in [-0.25, -0.2) is 4.98 Å². The Hall–Kier alpha value is -1.37. The van der Waals surface area contributed by atoms with Gasteiger partial charge in [-0.3, -0.25) is 4.40 Å². The van der Waals surface area contributed by atoms with Crippen LogP contribution in [-0.2, 0) is 6.61 Å². The number of halogens is 1. The van der Waals surface area contributed by atoms with Gasteiger partial charge in [-0.15, -0.1) is 11.3 Å². The summed E-state index contributed by atoms with van der Waals surface area (Å²) in [5.74, 6) is 0.797. The summed E-state index contributed by atoms with van der Waals surface area (Å²) in [6, 6.07) is 5.83. The van der Waals surface area contributed by atoms with Crippen molar-refractivity contribution in [2.24, 2.45) is 5.73 Å². The Morgan fingerprint density at radius 3 is 3.10 bits per heavy atom. The lowest BCUT2D eigenvalue weighted by molar-refractivity contribution is 0.297. The smallest absolute Gasteiger partial charge is 0.193 e. The van der Waals surface area contributed by atoms with Crippen molar-refractivity contribution >= 4 is 32.2 Å². The van der Waals surface area contributed by atoms with Crippen LogP contribution in [0.1, 0.15) is 24.2 Å². The van der Waals surface area contributed by atoms with Gasteiger partial charge < -0.3 is 10.5 Å². The van der Waals surface area contributed by atoms with Crippen LogP contribution in [0.3, 0.4) is 0 Å². The van der Waals surface area contributed by atoms with Gasteiger partial charge in [-0.05, 0) is 19.1 Å². The van der Waals surface area contributed by atoms with Crippen LogP contribution in [0.5, 0.6) is 5.75 Å². The molecule has 1 aromatic carbocycles. The normalized spacial score (nSPS) is 12.8. The van der Waals surface area contributed by atoms with E-state index in [1.54, 1.807) is 11.3 Å². The molecule has 4 nitrogen and oxygen atoms in total. The number of hydrogen-bond acceptors (Lipinski definition) is 4. The minimum Gasteiger partial charge on any atom is -0.487 e. The molecule has 0 fully saturated rings.